The Labute approximate surface area is 124 Å². The Bertz CT molecular complexity index is 611. The minimum atomic E-state index is -0.0322. The molecule has 1 atom stereocenters. The van der Waals surface area contributed by atoms with E-state index in [-0.39, 0.29) is 6.61 Å². The van der Waals surface area contributed by atoms with Crippen molar-refractivity contribution in [3.05, 3.63) is 34.8 Å². The van der Waals surface area contributed by atoms with Gasteiger partial charge in [-0.1, -0.05) is 11.2 Å². The van der Waals surface area contributed by atoms with Crippen LogP contribution >= 0.6 is 0 Å². The van der Waals surface area contributed by atoms with Crippen LogP contribution in [0, 0.1) is 13.8 Å². The summed E-state index contributed by atoms with van der Waals surface area (Å²) in [5.41, 5.74) is 4.42. The average molecular weight is 287 g/mol. The summed E-state index contributed by atoms with van der Waals surface area (Å²) in [7, 11) is 0. The molecule has 1 aliphatic rings. The van der Waals surface area contributed by atoms with E-state index < -0.39 is 0 Å². The number of aliphatic hydroxyl groups is 1. The van der Waals surface area contributed by atoms with Crippen molar-refractivity contribution in [2.45, 2.75) is 39.2 Å². The van der Waals surface area contributed by atoms with E-state index in [1.165, 1.54) is 6.42 Å². The van der Waals surface area contributed by atoms with Gasteiger partial charge in [0.15, 0.2) is 0 Å². The Kier molecular flexibility index (Phi) is 4.03. The number of aryl methyl sites for hydroxylation is 2. The molecular formula is C16H21N3O2. The fraction of sp³-hybridized carbons (Fsp3) is 0.500. The molecular weight excluding hydrogens is 266 g/mol. The molecule has 0 aromatic carbocycles. The molecule has 0 amide bonds. The zero-order valence-corrected chi connectivity index (χ0v) is 12.5. The highest BCUT2D eigenvalue weighted by molar-refractivity contribution is 5.67. The van der Waals surface area contributed by atoms with Crippen LogP contribution in [0.15, 0.2) is 16.7 Å². The smallest absolute Gasteiger partial charge is 0.143 e. The van der Waals surface area contributed by atoms with Gasteiger partial charge in [0.1, 0.15) is 5.76 Å². The second-order valence-electron chi connectivity index (χ2n) is 5.64. The summed E-state index contributed by atoms with van der Waals surface area (Å²) >= 11 is 0. The number of pyridine rings is 1. The molecule has 21 heavy (non-hydrogen) atoms. The Morgan fingerprint density at radius 2 is 2.24 bits per heavy atom. The quantitative estimate of drug-likeness (QED) is 0.906. The molecule has 2 aromatic heterocycles. The molecule has 112 valence electrons. The van der Waals surface area contributed by atoms with E-state index in [1.807, 2.05) is 26.0 Å². The molecule has 1 fully saturated rings. The van der Waals surface area contributed by atoms with E-state index in [0.29, 0.717) is 5.92 Å². The number of piperidine rings is 1. The van der Waals surface area contributed by atoms with Crippen molar-refractivity contribution >= 4 is 0 Å². The van der Waals surface area contributed by atoms with Crippen LogP contribution in [0.2, 0.25) is 0 Å². The summed E-state index contributed by atoms with van der Waals surface area (Å²) in [6, 6.07) is 4.00. The zero-order valence-electron chi connectivity index (χ0n) is 12.5. The van der Waals surface area contributed by atoms with Crippen LogP contribution in [0.3, 0.4) is 0 Å². The third-order valence-electron chi connectivity index (χ3n) is 4.16. The van der Waals surface area contributed by atoms with Crippen LogP contribution in [0.1, 0.15) is 41.5 Å². The third-order valence-corrected chi connectivity index (χ3v) is 4.16. The van der Waals surface area contributed by atoms with Crippen molar-refractivity contribution in [2.75, 3.05) is 13.1 Å². The molecule has 5 nitrogen and oxygen atoms in total. The molecule has 1 saturated heterocycles. The van der Waals surface area contributed by atoms with Gasteiger partial charge in [-0.15, -0.1) is 0 Å². The molecule has 0 radical (unpaired) electrons. The molecule has 0 unspecified atom stereocenters. The highest BCUT2D eigenvalue weighted by Crippen LogP contribution is 2.31. The van der Waals surface area contributed by atoms with Gasteiger partial charge in [0, 0.05) is 23.7 Å². The monoisotopic (exact) mass is 287 g/mol. The molecule has 0 aliphatic carbocycles. The fourth-order valence-electron chi connectivity index (χ4n) is 3.00. The fourth-order valence-corrected chi connectivity index (χ4v) is 3.00. The van der Waals surface area contributed by atoms with Crippen molar-refractivity contribution in [1.29, 1.82) is 0 Å². The van der Waals surface area contributed by atoms with Crippen LogP contribution < -0.4 is 5.32 Å². The summed E-state index contributed by atoms with van der Waals surface area (Å²) in [5.74, 6) is 1.18. The van der Waals surface area contributed by atoms with Crippen molar-refractivity contribution in [3.63, 3.8) is 0 Å². The minimum absolute atomic E-state index is 0.0322. The predicted molar refractivity (Wildman–Crippen MR) is 80.0 cm³/mol. The standard InChI is InChI=1S/C16H21N3O2/c1-10-15(11(2)21-19-10)16-13(9-20)5-6-14(18-16)12-4-3-7-17-8-12/h5-6,12,17,20H,3-4,7-9H2,1-2H3/t12-/m1/s1. The number of nitrogens with zero attached hydrogens (tertiary/aromatic N) is 2. The first-order valence-electron chi connectivity index (χ1n) is 7.45. The number of hydrogen-bond donors (Lipinski definition) is 2. The minimum Gasteiger partial charge on any atom is -0.392 e. The van der Waals surface area contributed by atoms with Crippen LogP contribution in [-0.4, -0.2) is 28.3 Å². The first-order chi connectivity index (χ1) is 10.2. The van der Waals surface area contributed by atoms with Crippen LogP contribution in [-0.2, 0) is 6.61 Å². The van der Waals surface area contributed by atoms with Crippen molar-refractivity contribution < 1.29 is 9.63 Å². The van der Waals surface area contributed by atoms with E-state index in [1.54, 1.807) is 0 Å². The molecule has 1 aliphatic heterocycles. The lowest BCUT2D eigenvalue weighted by Gasteiger charge is -2.23. The summed E-state index contributed by atoms with van der Waals surface area (Å²) in [6.07, 6.45) is 2.33. The van der Waals surface area contributed by atoms with Crippen LogP contribution in [0.5, 0.6) is 0 Å². The van der Waals surface area contributed by atoms with Crippen LogP contribution in [0.4, 0.5) is 0 Å². The van der Waals surface area contributed by atoms with E-state index in [4.69, 9.17) is 9.51 Å². The molecule has 0 spiro atoms. The average Bonchev–Trinajstić information content (AvgIpc) is 2.86. The molecule has 3 rings (SSSR count). The maximum Gasteiger partial charge on any atom is 0.143 e. The number of rotatable bonds is 3. The molecule has 5 heteroatoms. The van der Waals surface area contributed by atoms with E-state index >= 15 is 0 Å². The number of hydrogen-bond acceptors (Lipinski definition) is 5. The summed E-state index contributed by atoms with van der Waals surface area (Å²) < 4.78 is 5.25. The summed E-state index contributed by atoms with van der Waals surface area (Å²) in [6.45, 7) is 5.81. The van der Waals surface area contributed by atoms with E-state index in [9.17, 15) is 5.11 Å². The van der Waals surface area contributed by atoms with E-state index in [2.05, 4.69) is 10.5 Å². The lowest BCUT2D eigenvalue weighted by molar-refractivity contribution is 0.282. The van der Waals surface area contributed by atoms with Gasteiger partial charge in [0.25, 0.3) is 0 Å². The maximum atomic E-state index is 9.60. The Morgan fingerprint density at radius 3 is 2.86 bits per heavy atom. The number of aromatic nitrogens is 2. The molecule has 2 N–H and O–H groups in total. The number of nitrogens with one attached hydrogen (secondary N) is 1. The second kappa shape index (κ2) is 5.95. The third kappa shape index (κ3) is 2.71. The SMILES string of the molecule is Cc1noc(C)c1-c1nc([C@@H]2CCCNC2)ccc1CO. The van der Waals surface area contributed by atoms with Crippen molar-refractivity contribution in [3.8, 4) is 11.3 Å². The maximum absolute atomic E-state index is 9.60. The second-order valence-corrected chi connectivity index (χ2v) is 5.64. The first kappa shape index (κ1) is 14.2. The zero-order chi connectivity index (χ0) is 14.8. The lowest BCUT2D eigenvalue weighted by atomic mass is 9.94. The largest absolute Gasteiger partial charge is 0.392 e. The van der Waals surface area contributed by atoms with Gasteiger partial charge in [-0.05, 0) is 39.3 Å². The van der Waals surface area contributed by atoms with Gasteiger partial charge in [0.05, 0.1) is 23.6 Å². The first-order valence-corrected chi connectivity index (χ1v) is 7.45. The van der Waals surface area contributed by atoms with Gasteiger partial charge >= 0.3 is 0 Å². The Morgan fingerprint density at radius 1 is 1.38 bits per heavy atom. The lowest BCUT2D eigenvalue weighted by Crippen LogP contribution is -2.28. The van der Waals surface area contributed by atoms with Gasteiger partial charge in [-0.25, -0.2) is 0 Å². The summed E-state index contributed by atoms with van der Waals surface area (Å²) in [5, 5.41) is 17.0. The molecule has 3 heterocycles. The highest BCUT2D eigenvalue weighted by atomic mass is 16.5. The summed E-state index contributed by atoms with van der Waals surface area (Å²) in [4.78, 5) is 4.83. The molecule has 0 bridgehead atoms. The van der Waals surface area contributed by atoms with Gasteiger partial charge in [-0.2, -0.15) is 0 Å². The Balaban J connectivity index is 2.05. The van der Waals surface area contributed by atoms with E-state index in [0.717, 1.165) is 53.5 Å². The topological polar surface area (TPSA) is 71.2 Å². The van der Waals surface area contributed by atoms with Gasteiger partial charge < -0.3 is 14.9 Å². The van der Waals surface area contributed by atoms with Crippen molar-refractivity contribution in [1.82, 2.24) is 15.5 Å². The normalized spacial score (nSPS) is 18.9. The number of aliphatic hydroxyl groups excluding tert-OH is 1. The van der Waals surface area contributed by atoms with Gasteiger partial charge in [-0.3, -0.25) is 4.98 Å². The van der Waals surface area contributed by atoms with Gasteiger partial charge in [0.2, 0.25) is 0 Å². The Hall–Kier alpha value is -1.72. The van der Waals surface area contributed by atoms with Crippen molar-refractivity contribution in [2.24, 2.45) is 0 Å². The predicted octanol–water partition coefficient (Wildman–Crippen LogP) is 2.31. The van der Waals surface area contributed by atoms with Crippen LogP contribution in [0.25, 0.3) is 11.3 Å². The molecule has 2 aromatic rings. The molecule has 0 saturated carbocycles. The highest BCUT2D eigenvalue weighted by Gasteiger charge is 2.21.